The van der Waals surface area contributed by atoms with Crippen LogP contribution in [0, 0.1) is 11.3 Å². The van der Waals surface area contributed by atoms with Crippen LogP contribution in [0.25, 0.3) is 0 Å². The Morgan fingerprint density at radius 2 is 1.76 bits per heavy atom. The monoisotopic (exact) mass is 476 g/mol. The quantitative estimate of drug-likeness (QED) is 0.518. The zero-order valence-electron chi connectivity index (χ0n) is 18.3. The summed E-state index contributed by atoms with van der Waals surface area (Å²) in [7, 11) is 0. The molecule has 1 atom stereocenters. The predicted molar refractivity (Wildman–Crippen MR) is 125 cm³/mol. The molecule has 0 unspecified atom stereocenters. The van der Waals surface area contributed by atoms with Crippen molar-refractivity contribution in [3.05, 3.63) is 87.8 Å². The molecular weight excluding hydrogens is 456 g/mol. The Morgan fingerprint density at radius 1 is 1.00 bits per heavy atom. The molecule has 0 saturated heterocycles. The number of benzene rings is 3. The van der Waals surface area contributed by atoms with E-state index in [4.69, 9.17) is 41.0 Å². The van der Waals surface area contributed by atoms with Crippen LogP contribution in [0.5, 0.6) is 28.7 Å². The van der Waals surface area contributed by atoms with Gasteiger partial charge in [0.05, 0.1) is 12.5 Å². The molecule has 0 saturated carbocycles. The fourth-order valence-electron chi connectivity index (χ4n) is 4.02. The molecular formula is C26H21ClN2O5. The predicted octanol–water partition coefficient (Wildman–Crippen LogP) is 5.26. The van der Waals surface area contributed by atoms with Gasteiger partial charge < -0.3 is 29.4 Å². The highest BCUT2D eigenvalue weighted by molar-refractivity contribution is 6.30. The van der Waals surface area contributed by atoms with Gasteiger partial charge in [-0.1, -0.05) is 29.8 Å². The molecule has 0 amide bonds. The van der Waals surface area contributed by atoms with Gasteiger partial charge in [0.2, 0.25) is 12.7 Å². The zero-order chi connectivity index (χ0) is 23.7. The maximum Gasteiger partial charge on any atom is 0.231 e. The molecule has 0 spiro atoms. The Morgan fingerprint density at radius 3 is 2.50 bits per heavy atom. The third-order valence-corrected chi connectivity index (χ3v) is 5.87. The second-order valence-electron chi connectivity index (χ2n) is 7.72. The highest BCUT2D eigenvalue weighted by Crippen LogP contribution is 2.48. The first-order chi connectivity index (χ1) is 16.6. The SMILES string of the molecule is CCOc1cc([C@H]2C(C#N)=C(N)Oc3cc4c(cc32)OCO4)ccc1OCc1ccc(Cl)cc1. The number of hydrogen-bond donors (Lipinski definition) is 1. The molecule has 0 fully saturated rings. The number of ether oxygens (including phenoxy) is 5. The Hall–Kier alpha value is -4.02. The van der Waals surface area contributed by atoms with Crippen LogP contribution >= 0.6 is 11.6 Å². The minimum atomic E-state index is -0.465. The van der Waals surface area contributed by atoms with Gasteiger partial charge in [-0.05, 0) is 48.4 Å². The fourth-order valence-corrected chi connectivity index (χ4v) is 4.15. The summed E-state index contributed by atoms with van der Waals surface area (Å²) in [5, 5.41) is 10.5. The van der Waals surface area contributed by atoms with Crippen molar-refractivity contribution >= 4 is 11.6 Å². The number of halogens is 1. The summed E-state index contributed by atoms with van der Waals surface area (Å²) in [6.07, 6.45) is 0. The third-order valence-electron chi connectivity index (χ3n) is 5.62. The average molecular weight is 477 g/mol. The van der Waals surface area contributed by atoms with E-state index in [-0.39, 0.29) is 12.7 Å². The third kappa shape index (κ3) is 4.04. The van der Waals surface area contributed by atoms with Gasteiger partial charge in [0.25, 0.3) is 0 Å². The number of rotatable bonds is 6. The lowest BCUT2D eigenvalue weighted by Crippen LogP contribution is -2.21. The lowest BCUT2D eigenvalue weighted by molar-refractivity contribution is 0.174. The van der Waals surface area contributed by atoms with E-state index in [9.17, 15) is 5.26 Å². The molecule has 0 aromatic heterocycles. The highest BCUT2D eigenvalue weighted by Gasteiger charge is 2.33. The van der Waals surface area contributed by atoms with Gasteiger partial charge in [-0.15, -0.1) is 0 Å². The molecule has 172 valence electrons. The molecule has 0 radical (unpaired) electrons. The molecule has 3 aromatic carbocycles. The van der Waals surface area contributed by atoms with E-state index in [2.05, 4.69) is 6.07 Å². The Labute approximate surface area is 201 Å². The Kier molecular flexibility index (Phi) is 5.83. The average Bonchev–Trinajstić information content (AvgIpc) is 3.29. The van der Waals surface area contributed by atoms with Gasteiger partial charge >= 0.3 is 0 Å². The topological polar surface area (TPSA) is 96.0 Å². The Balaban J connectivity index is 1.52. The fraction of sp³-hybridized carbons (Fsp3) is 0.192. The minimum Gasteiger partial charge on any atom is -0.490 e. The molecule has 0 aliphatic carbocycles. The van der Waals surface area contributed by atoms with Crippen molar-refractivity contribution in [2.24, 2.45) is 5.73 Å². The summed E-state index contributed by atoms with van der Waals surface area (Å²) >= 11 is 5.97. The molecule has 2 aliphatic rings. The summed E-state index contributed by atoms with van der Waals surface area (Å²) in [5.74, 6) is 2.44. The van der Waals surface area contributed by atoms with Gasteiger partial charge in [-0.2, -0.15) is 5.26 Å². The first-order valence-electron chi connectivity index (χ1n) is 10.7. The highest BCUT2D eigenvalue weighted by atomic mass is 35.5. The van der Waals surface area contributed by atoms with Gasteiger partial charge in [0.1, 0.15) is 24.0 Å². The van der Waals surface area contributed by atoms with Crippen LogP contribution in [0.1, 0.15) is 29.5 Å². The maximum atomic E-state index is 9.88. The maximum absolute atomic E-state index is 9.88. The van der Waals surface area contributed by atoms with E-state index in [0.717, 1.165) is 16.7 Å². The van der Waals surface area contributed by atoms with Crippen molar-refractivity contribution in [1.82, 2.24) is 0 Å². The molecule has 5 rings (SSSR count). The van der Waals surface area contributed by atoms with E-state index >= 15 is 0 Å². The largest absolute Gasteiger partial charge is 0.490 e. The molecule has 8 heteroatoms. The molecule has 2 N–H and O–H groups in total. The van der Waals surface area contributed by atoms with E-state index in [1.165, 1.54) is 0 Å². The van der Waals surface area contributed by atoms with Crippen LogP contribution in [0.4, 0.5) is 0 Å². The van der Waals surface area contributed by atoms with Gasteiger partial charge in [0, 0.05) is 16.7 Å². The second-order valence-corrected chi connectivity index (χ2v) is 8.16. The van der Waals surface area contributed by atoms with Crippen molar-refractivity contribution in [3.8, 4) is 34.8 Å². The Bertz CT molecular complexity index is 1310. The van der Waals surface area contributed by atoms with E-state index in [1.54, 1.807) is 6.07 Å². The van der Waals surface area contributed by atoms with E-state index in [0.29, 0.717) is 52.6 Å². The number of fused-ring (bicyclic) bond motifs is 2. The first kappa shape index (κ1) is 21.8. The van der Waals surface area contributed by atoms with Crippen molar-refractivity contribution in [2.75, 3.05) is 13.4 Å². The van der Waals surface area contributed by atoms with Crippen LogP contribution in [0.15, 0.2) is 66.1 Å². The van der Waals surface area contributed by atoms with Gasteiger partial charge in [-0.3, -0.25) is 0 Å². The number of hydrogen-bond acceptors (Lipinski definition) is 7. The van der Waals surface area contributed by atoms with Crippen molar-refractivity contribution < 1.29 is 23.7 Å². The number of nitriles is 1. The van der Waals surface area contributed by atoms with Crippen molar-refractivity contribution in [2.45, 2.75) is 19.4 Å². The molecule has 3 aromatic rings. The van der Waals surface area contributed by atoms with Crippen LogP contribution in [0.3, 0.4) is 0 Å². The molecule has 7 nitrogen and oxygen atoms in total. The van der Waals surface area contributed by atoms with Gasteiger partial charge in [0.15, 0.2) is 23.0 Å². The van der Waals surface area contributed by atoms with E-state index in [1.807, 2.05) is 55.5 Å². The number of allylic oxidation sites excluding steroid dienone is 1. The van der Waals surface area contributed by atoms with Gasteiger partial charge in [-0.25, -0.2) is 0 Å². The van der Waals surface area contributed by atoms with Crippen LogP contribution < -0.4 is 29.4 Å². The van der Waals surface area contributed by atoms with Crippen LogP contribution in [0.2, 0.25) is 5.02 Å². The first-order valence-corrected chi connectivity index (χ1v) is 11.1. The summed E-state index contributed by atoms with van der Waals surface area (Å²) < 4.78 is 28.7. The molecule has 0 bridgehead atoms. The number of nitrogens with zero attached hydrogens (tertiary/aromatic N) is 1. The van der Waals surface area contributed by atoms with Crippen LogP contribution in [-0.2, 0) is 6.61 Å². The van der Waals surface area contributed by atoms with Crippen molar-refractivity contribution in [3.63, 3.8) is 0 Å². The van der Waals surface area contributed by atoms with E-state index < -0.39 is 5.92 Å². The smallest absolute Gasteiger partial charge is 0.231 e. The summed E-state index contributed by atoms with van der Waals surface area (Å²) in [6, 6.07) is 18.8. The molecule has 2 heterocycles. The minimum absolute atomic E-state index is 0.0555. The van der Waals surface area contributed by atoms with Crippen LogP contribution in [-0.4, -0.2) is 13.4 Å². The lowest BCUT2D eigenvalue weighted by Gasteiger charge is -2.27. The summed E-state index contributed by atoms with van der Waals surface area (Å²) in [6.45, 7) is 2.84. The molecule has 34 heavy (non-hydrogen) atoms. The zero-order valence-corrected chi connectivity index (χ0v) is 19.1. The lowest BCUT2D eigenvalue weighted by atomic mass is 9.83. The standard InChI is InChI=1S/C26H21ClN2O5/c1-2-30-22-9-16(5-8-20(22)31-13-15-3-6-17(27)7-4-15)25-18-10-23-24(33-14-32-23)11-21(18)34-26(29)19(25)12-28/h3-11,25H,2,13-14,29H2,1H3/t25-/m1/s1. The second kappa shape index (κ2) is 9.08. The van der Waals surface area contributed by atoms with Crippen molar-refractivity contribution in [1.29, 1.82) is 5.26 Å². The normalized spacial score (nSPS) is 15.9. The molecule has 2 aliphatic heterocycles. The number of nitrogens with two attached hydrogens (primary N) is 1. The summed E-state index contributed by atoms with van der Waals surface area (Å²) in [5.41, 5.74) is 8.98. The summed E-state index contributed by atoms with van der Waals surface area (Å²) in [4.78, 5) is 0.